The van der Waals surface area contributed by atoms with Gasteiger partial charge in [0.25, 0.3) is 5.91 Å². The molecule has 6 nitrogen and oxygen atoms in total. The molecular formula is C15H18N4O2. The molecule has 0 saturated heterocycles. The van der Waals surface area contributed by atoms with Crippen LogP contribution in [0.3, 0.4) is 0 Å². The summed E-state index contributed by atoms with van der Waals surface area (Å²) in [5.41, 5.74) is 2.39. The Bertz CT molecular complexity index is 648. The van der Waals surface area contributed by atoms with Crippen LogP contribution in [-0.4, -0.2) is 38.9 Å². The van der Waals surface area contributed by atoms with Crippen molar-refractivity contribution in [3.8, 4) is 5.69 Å². The summed E-state index contributed by atoms with van der Waals surface area (Å²) in [6.07, 6.45) is 5.06. The Labute approximate surface area is 122 Å². The normalized spacial score (nSPS) is 15.7. The Kier molecular flexibility index (Phi) is 3.47. The Morgan fingerprint density at radius 3 is 2.86 bits per heavy atom. The predicted octanol–water partition coefficient (Wildman–Crippen LogP) is 1.08. The van der Waals surface area contributed by atoms with Gasteiger partial charge in [-0.15, -0.1) is 0 Å². The summed E-state index contributed by atoms with van der Waals surface area (Å²) in [7, 11) is 0. The van der Waals surface area contributed by atoms with Crippen LogP contribution in [0.25, 0.3) is 5.69 Å². The van der Waals surface area contributed by atoms with Gasteiger partial charge >= 0.3 is 0 Å². The van der Waals surface area contributed by atoms with E-state index < -0.39 is 0 Å². The van der Waals surface area contributed by atoms with Gasteiger partial charge in [-0.3, -0.25) is 4.79 Å². The summed E-state index contributed by atoms with van der Waals surface area (Å²) in [4.78, 5) is 16.1. The van der Waals surface area contributed by atoms with E-state index in [2.05, 4.69) is 15.4 Å². The van der Waals surface area contributed by atoms with Crippen LogP contribution in [0, 0.1) is 12.3 Å². The minimum absolute atomic E-state index is 0.0780. The molecule has 3 rings (SSSR count). The summed E-state index contributed by atoms with van der Waals surface area (Å²) in [6, 6.07) is 5.47. The van der Waals surface area contributed by atoms with Crippen molar-refractivity contribution in [3.05, 3.63) is 42.0 Å². The van der Waals surface area contributed by atoms with Crippen molar-refractivity contribution in [2.75, 3.05) is 13.2 Å². The van der Waals surface area contributed by atoms with E-state index >= 15 is 0 Å². The number of hydrogen-bond donors (Lipinski definition) is 2. The average molecular weight is 286 g/mol. The van der Waals surface area contributed by atoms with Crippen molar-refractivity contribution >= 4 is 5.91 Å². The second-order valence-corrected chi connectivity index (χ2v) is 5.68. The molecule has 1 fully saturated rings. The molecule has 0 bridgehead atoms. The minimum Gasteiger partial charge on any atom is -0.396 e. The van der Waals surface area contributed by atoms with E-state index in [4.69, 9.17) is 0 Å². The molecule has 0 radical (unpaired) electrons. The van der Waals surface area contributed by atoms with Crippen LogP contribution >= 0.6 is 0 Å². The van der Waals surface area contributed by atoms with Crippen LogP contribution in [-0.2, 0) is 0 Å². The quantitative estimate of drug-likeness (QED) is 0.862. The highest BCUT2D eigenvalue weighted by Crippen LogP contribution is 2.44. The summed E-state index contributed by atoms with van der Waals surface area (Å²) < 4.78 is 1.67. The molecule has 1 aliphatic rings. The second kappa shape index (κ2) is 5.29. The largest absolute Gasteiger partial charge is 0.396 e. The first kappa shape index (κ1) is 13.8. The molecule has 0 atom stereocenters. The molecular weight excluding hydrogens is 268 g/mol. The summed E-state index contributed by atoms with van der Waals surface area (Å²) in [5, 5.41) is 16.2. The monoisotopic (exact) mass is 286 g/mol. The van der Waals surface area contributed by atoms with E-state index in [-0.39, 0.29) is 17.9 Å². The predicted molar refractivity (Wildman–Crippen MR) is 77.2 cm³/mol. The number of carbonyl (C=O) groups excluding carboxylic acids is 1. The summed E-state index contributed by atoms with van der Waals surface area (Å²) in [6.45, 7) is 2.60. The molecule has 6 heteroatoms. The first-order chi connectivity index (χ1) is 10.1. The number of amides is 1. The van der Waals surface area contributed by atoms with Crippen molar-refractivity contribution in [3.63, 3.8) is 0 Å². The average Bonchev–Trinajstić information content (AvgIpc) is 3.08. The first-order valence-electron chi connectivity index (χ1n) is 6.98. The number of benzene rings is 1. The van der Waals surface area contributed by atoms with E-state index in [0.29, 0.717) is 12.1 Å². The molecule has 1 heterocycles. The van der Waals surface area contributed by atoms with Crippen molar-refractivity contribution in [1.82, 2.24) is 20.1 Å². The molecule has 2 N–H and O–H groups in total. The second-order valence-electron chi connectivity index (χ2n) is 5.68. The maximum Gasteiger partial charge on any atom is 0.251 e. The fraction of sp³-hybridized carbons (Fsp3) is 0.400. The molecule has 2 aromatic rings. The zero-order valence-electron chi connectivity index (χ0n) is 11.9. The standard InChI is InChI=1S/C15H18N4O2/c1-11-6-12(2-3-13(11)19-10-16-9-18-19)14(21)17-7-15(8-20)4-5-15/h2-3,6,9-10,20H,4-5,7-8H2,1H3,(H,17,21). The maximum atomic E-state index is 12.2. The zero-order chi connectivity index (χ0) is 14.9. The molecule has 1 aromatic carbocycles. The van der Waals surface area contributed by atoms with Gasteiger partial charge in [0.2, 0.25) is 0 Å². The fourth-order valence-corrected chi connectivity index (χ4v) is 2.32. The fourth-order valence-electron chi connectivity index (χ4n) is 2.32. The summed E-state index contributed by atoms with van der Waals surface area (Å²) in [5.74, 6) is -0.108. The molecule has 110 valence electrons. The van der Waals surface area contributed by atoms with E-state index in [1.54, 1.807) is 17.1 Å². The molecule has 21 heavy (non-hydrogen) atoms. The Morgan fingerprint density at radius 2 is 2.29 bits per heavy atom. The summed E-state index contributed by atoms with van der Waals surface area (Å²) >= 11 is 0. The lowest BCUT2D eigenvalue weighted by atomic mass is 10.1. The van der Waals surface area contributed by atoms with Gasteiger partial charge in [-0.1, -0.05) is 0 Å². The highest BCUT2D eigenvalue weighted by Gasteiger charge is 2.42. The van der Waals surface area contributed by atoms with Gasteiger partial charge in [0, 0.05) is 17.5 Å². The van der Waals surface area contributed by atoms with Crippen molar-refractivity contribution in [2.45, 2.75) is 19.8 Å². The van der Waals surface area contributed by atoms with E-state index in [1.807, 2.05) is 19.1 Å². The SMILES string of the molecule is Cc1cc(C(=O)NCC2(CO)CC2)ccc1-n1cncn1. The molecule has 1 aromatic heterocycles. The van der Waals surface area contributed by atoms with Crippen LogP contribution in [0.2, 0.25) is 0 Å². The first-order valence-corrected chi connectivity index (χ1v) is 6.98. The zero-order valence-corrected chi connectivity index (χ0v) is 11.9. The minimum atomic E-state index is -0.108. The third-order valence-corrected chi connectivity index (χ3v) is 4.04. The van der Waals surface area contributed by atoms with Crippen molar-refractivity contribution in [2.24, 2.45) is 5.41 Å². The number of aryl methyl sites for hydroxylation is 1. The molecule has 0 unspecified atom stereocenters. The molecule has 1 aliphatic carbocycles. The topological polar surface area (TPSA) is 80.0 Å². The van der Waals surface area contributed by atoms with E-state index in [0.717, 1.165) is 24.1 Å². The van der Waals surface area contributed by atoms with Gasteiger partial charge in [-0.25, -0.2) is 9.67 Å². The third kappa shape index (κ3) is 2.80. The van der Waals surface area contributed by atoms with Gasteiger partial charge in [0.05, 0.1) is 12.3 Å². The lowest BCUT2D eigenvalue weighted by molar-refractivity contribution is 0.0935. The highest BCUT2D eigenvalue weighted by molar-refractivity contribution is 5.94. The number of nitrogens with one attached hydrogen (secondary N) is 1. The lowest BCUT2D eigenvalue weighted by Gasteiger charge is -2.13. The van der Waals surface area contributed by atoms with Gasteiger partial charge in [-0.2, -0.15) is 5.10 Å². The molecule has 1 amide bonds. The Morgan fingerprint density at radius 1 is 1.48 bits per heavy atom. The van der Waals surface area contributed by atoms with Crippen LogP contribution in [0.1, 0.15) is 28.8 Å². The van der Waals surface area contributed by atoms with Gasteiger partial charge in [0.1, 0.15) is 12.7 Å². The maximum absolute atomic E-state index is 12.2. The number of rotatable bonds is 5. The number of aliphatic hydroxyl groups excluding tert-OH is 1. The van der Waals surface area contributed by atoms with Crippen molar-refractivity contribution in [1.29, 1.82) is 0 Å². The number of aromatic nitrogens is 3. The molecule has 0 spiro atoms. The van der Waals surface area contributed by atoms with Crippen LogP contribution in [0.5, 0.6) is 0 Å². The van der Waals surface area contributed by atoms with Crippen molar-refractivity contribution < 1.29 is 9.90 Å². The van der Waals surface area contributed by atoms with Gasteiger partial charge < -0.3 is 10.4 Å². The van der Waals surface area contributed by atoms with E-state index in [9.17, 15) is 9.90 Å². The van der Waals surface area contributed by atoms with Gasteiger partial charge in [-0.05, 0) is 43.5 Å². The number of aliphatic hydroxyl groups is 1. The number of hydrogen-bond acceptors (Lipinski definition) is 4. The lowest BCUT2D eigenvalue weighted by Crippen LogP contribution is -2.31. The Hall–Kier alpha value is -2.21. The smallest absolute Gasteiger partial charge is 0.251 e. The number of carbonyl (C=O) groups is 1. The van der Waals surface area contributed by atoms with E-state index in [1.165, 1.54) is 6.33 Å². The van der Waals surface area contributed by atoms with Crippen LogP contribution in [0.4, 0.5) is 0 Å². The Balaban J connectivity index is 1.71. The van der Waals surface area contributed by atoms with Crippen LogP contribution in [0.15, 0.2) is 30.9 Å². The van der Waals surface area contributed by atoms with Crippen LogP contribution < -0.4 is 5.32 Å². The molecule has 0 aliphatic heterocycles. The molecule has 1 saturated carbocycles. The third-order valence-electron chi connectivity index (χ3n) is 4.04. The van der Waals surface area contributed by atoms with Gasteiger partial charge in [0.15, 0.2) is 0 Å². The highest BCUT2D eigenvalue weighted by atomic mass is 16.3. The number of nitrogens with zero attached hydrogens (tertiary/aromatic N) is 3.